The van der Waals surface area contributed by atoms with Crippen molar-refractivity contribution in [1.82, 2.24) is 15.3 Å². The highest BCUT2D eigenvalue weighted by molar-refractivity contribution is 5.89. The van der Waals surface area contributed by atoms with Crippen molar-refractivity contribution < 1.29 is 18.7 Å². The first-order valence-electron chi connectivity index (χ1n) is 10.1. The van der Waals surface area contributed by atoms with Crippen LogP contribution < -0.4 is 15.1 Å². The van der Waals surface area contributed by atoms with E-state index in [-0.39, 0.29) is 30.7 Å². The lowest BCUT2D eigenvalue weighted by Crippen LogP contribution is -2.33. The molecule has 1 aliphatic carbocycles. The molecule has 3 aliphatic rings. The maximum atomic E-state index is 14.9. The molecule has 30 heavy (non-hydrogen) atoms. The van der Waals surface area contributed by atoms with Crippen LogP contribution in [0, 0.1) is 17.7 Å². The van der Waals surface area contributed by atoms with Crippen LogP contribution in [0.25, 0.3) is 0 Å². The van der Waals surface area contributed by atoms with E-state index in [1.165, 1.54) is 17.9 Å². The lowest BCUT2D eigenvalue weighted by molar-refractivity contribution is -0.119. The fourth-order valence-electron chi connectivity index (χ4n) is 4.66. The SMILES string of the molecule is CC(=O)NC[C@H]1CN(c2ccc([C@H]3[C@@H]4CN(c5ncccn5)C[C@@H]43)c(F)c2)C(=O)O1. The summed E-state index contributed by atoms with van der Waals surface area (Å²) >= 11 is 0. The van der Waals surface area contributed by atoms with Gasteiger partial charge in [-0.25, -0.2) is 19.2 Å². The molecule has 1 N–H and O–H groups in total. The summed E-state index contributed by atoms with van der Waals surface area (Å²) in [5.74, 6) is 1.22. The Hall–Kier alpha value is -3.23. The molecule has 2 saturated heterocycles. The van der Waals surface area contributed by atoms with E-state index in [1.807, 2.05) is 0 Å². The van der Waals surface area contributed by atoms with E-state index < -0.39 is 12.2 Å². The zero-order valence-electron chi connectivity index (χ0n) is 16.5. The topological polar surface area (TPSA) is 87.7 Å². The molecule has 2 aliphatic heterocycles. The van der Waals surface area contributed by atoms with Gasteiger partial charge in [0.15, 0.2) is 0 Å². The predicted octanol–water partition coefficient (Wildman–Crippen LogP) is 1.93. The fourth-order valence-corrected chi connectivity index (χ4v) is 4.66. The maximum Gasteiger partial charge on any atom is 0.414 e. The molecule has 1 aromatic carbocycles. The minimum absolute atomic E-state index is 0.188. The number of ether oxygens (including phenoxy) is 1. The summed E-state index contributed by atoms with van der Waals surface area (Å²) in [6, 6.07) is 6.75. The second-order valence-corrected chi connectivity index (χ2v) is 8.07. The summed E-state index contributed by atoms with van der Waals surface area (Å²) in [7, 11) is 0. The Bertz CT molecular complexity index is 976. The summed E-state index contributed by atoms with van der Waals surface area (Å²) in [4.78, 5) is 35.3. The van der Waals surface area contributed by atoms with Crippen molar-refractivity contribution in [1.29, 1.82) is 0 Å². The molecule has 8 nitrogen and oxygen atoms in total. The quantitative estimate of drug-likeness (QED) is 0.809. The summed E-state index contributed by atoms with van der Waals surface area (Å²) in [5, 5.41) is 2.63. The molecule has 0 unspecified atom stereocenters. The van der Waals surface area contributed by atoms with Crippen molar-refractivity contribution in [3.8, 4) is 0 Å². The molecule has 156 valence electrons. The van der Waals surface area contributed by atoms with Gasteiger partial charge in [0.05, 0.1) is 18.8 Å². The normalized spacial score (nSPS) is 27.1. The highest BCUT2D eigenvalue weighted by atomic mass is 19.1. The third-order valence-corrected chi connectivity index (χ3v) is 6.14. The number of nitrogens with zero attached hydrogens (tertiary/aromatic N) is 4. The molecule has 0 radical (unpaired) electrons. The van der Waals surface area contributed by atoms with Crippen LogP contribution in [0.15, 0.2) is 36.7 Å². The van der Waals surface area contributed by atoms with Crippen LogP contribution in [-0.2, 0) is 9.53 Å². The van der Waals surface area contributed by atoms with Gasteiger partial charge in [0.25, 0.3) is 0 Å². The first-order chi connectivity index (χ1) is 14.5. The number of piperidine rings is 1. The molecule has 5 rings (SSSR count). The number of hydrogen-bond acceptors (Lipinski definition) is 6. The summed E-state index contributed by atoms with van der Waals surface area (Å²) in [5.41, 5.74) is 1.17. The zero-order chi connectivity index (χ0) is 20.8. The van der Waals surface area contributed by atoms with Crippen LogP contribution in [0.5, 0.6) is 0 Å². The second-order valence-electron chi connectivity index (χ2n) is 8.07. The Morgan fingerprint density at radius 2 is 1.97 bits per heavy atom. The van der Waals surface area contributed by atoms with Gasteiger partial charge in [-0.1, -0.05) is 6.07 Å². The molecule has 0 spiro atoms. The second kappa shape index (κ2) is 7.23. The van der Waals surface area contributed by atoms with Gasteiger partial charge in [-0.05, 0) is 41.5 Å². The van der Waals surface area contributed by atoms with E-state index in [0.29, 0.717) is 23.1 Å². The van der Waals surface area contributed by atoms with Gasteiger partial charge in [-0.2, -0.15) is 0 Å². The number of amides is 2. The fraction of sp³-hybridized carbons (Fsp3) is 0.429. The molecular weight excluding hydrogens is 389 g/mol. The monoisotopic (exact) mass is 411 g/mol. The molecule has 1 aromatic heterocycles. The van der Waals surface area contributed by atoms with E-state index in [0.717, 1.165) is 19.0 Å². The van der Waals surface area contributed by atoms with E-state index in [4.69, 9.17) is 4.74 Å². The number of halogens is 1. The first-order valence-corrected chi connectivity index (χ1v) is 10.1. The van der Waals surface area contributed by atoms with Gasteiger partial charge in [0.1, 0.15) is 11.9 Å². The third kappa shape index (κ3) is 3.34. The molecular formula is C21H22FN5O3. The Balaban J connectivity index is 1.24. The van der Waals surface area contributed by atoms with Crippen molar-refractivity contribution in [2.45, 2.75) is 18.9 Å². The molecule has 0 bridgehead atoms. The molecule has 2 amide bonds. The summed E-state index contributed by atoms with van der Waals surface area (Å²) in [6.45, 7) is 3.57. The predicted molar refractivity (Wildman–Crippen MR) is 107 cm³/mol. The number of carbonyl (C=O) groups is 2. The van der Waals surface area contributed by atoms with Gasteiger partial charge >= 0.3 is 6.09 Å². The number of hydrogen-bond donors (Lipinski definition) is 1. The smallest absolute Gasteiger partial charge is 0.414 e. The number of carbonyl (C=O) groups excluding carboxylic acids is 2. The number of rotatable bonds is 5. The van der Waals surface area contributed by atoms with Crippen LogP contribution in [0.2, 0.25) is 0 Å². The summed E-state index contributed by atoms with van der Waals surface area (Å²) < 4.78 is 20.2. The third-order valence-electron chi connectivity index (χ3n) is 6.14. The number of nitrogens with one attached hydrogen (secondary N) is 1. The summed E-state index contributed by atoms with van der Waals surface area (Å²) in [6.07, 6.45) is 2.48. The van der Waals surface area contributed by atoms with E-state index in [1.54, 1.807) is 30.6 Å². The zero-order valence-corrected chi connectivity index (χ0v) is 16.5. The number of cyclic esters (lactones) is 1. The van der Waals surface area contributed by atoms with Crippen molar-refractivity contribution in [3.05, 3.63) is 48.0 Å². The van der Waals surface area contributed by atoms with Gasteiger partial charge in [0.2, 0.25) is 11.9 Å². The maximum absolute atomic E-state index is 14.9. The Morgan fingerprint density at radius 1 is 1.23 bits per heavy atom. The molecule has 1 saturated carbocycles. The minimum Gasteiger partial charge on any atom is -0.442 e. The number of aromatic nitrogens is 2. The van der Waals surface area contributed by atoms with Gasteiger partial charge in [-0.3, -0.25) is 9.69 Å². The lowest BCUT2D eigenvalue weighted by atomic mass is 10.1. The largest absolute Gasteiger partial charge is 0.442 e. The van der Waals surface area contributed by atoms with Gasteiger partial charge in [-0.15, -0.1) is 0 Å². The highest BCUT2D eigenvalue weighted by Gasteiger charge is 2.57. The van der Waals surface area contributed by atoms with Crippen molar-refractivity contribution in [2.24, 2.45) is 11.8 Å². The first kappa shape index (κ1) is 18.8. The molecule has 2 aromatic rings. The van der Waals surface area contributed by atoms with Crippen LogP contribution in [0.1, 0.15) is 18.4 Å². The Morgan fingerprint density at radius 3 is 2.63 bits per heavy atom. The number of anilines is 2. The molecule has 3 fully saturated rings. The number of fused-ring (bicyclic) bond motifs is 1. The standard InChI is InChI=1S/C21H22FN5O3/c1-12(28)25-8-14-9-27(21(29)30-14)13-3-4-15(18(22)7-13)19-16-10-26(11-17(16)19)20-23-5-2-6-24-20/h2-7,14,16-17,19H,8-11H2,1H3,(H,25,28)/t14-,16-,17+,19+/m0/s1. The van der Waals surface area contributed by atoms with Crippen molar-refractivity contribution >= 4 is 23.6 Å². The molecule has 3 heterocycles. The average molecular weight is 411 g/mol. The van der Waals surface area contributed by atoms with Crippen LogP contribution in [0.3, 0.4) is 0 Å². The lowest BCUT2D eigenvalue weighted by Gasteiger charge is -2.20. The van der Waals surface area contributed by atoms with Gasteiger partial charge in [0, 0.05) is 32.4 Å². The molecule has 4 atom stereocenters. The van der Waals surface area contributed by atoms with E-state index >= 15 is 0 Å². The Kier molecular flexibility index (Phi) is 4.52. The van der Waals surface area contributed by atoms with Crippen LogP contribution in [-0.4, -0.2) is 54.3 Å². The average Bonchev–Trinajstić information content (AvgIpc) is 3.06. The Labute approximate surface area is 173 Å². The van der Waals surface area contributed by atoms with Crippen LogP contribution >= 0.6 is 0 Å². The van der Waals surface area contributed by atoms with Crippen LogP contribution in [0.4, 0.5) is 20.8 Å². The van der Waals surface area contributed by atoms with E-state index in [9.17, 15) is 14.0 Å². The van der Waals surface area contributed by atoms with Crippen molar-refractivity contribution in [3.63, 3.8) is 0 Å². The van der Waals surface area contributed by atoms with Gasteiger partial charge < -0.3 is 15.0 Å². The number of benzene rings is 1. The highest BCUT2D eigenvalue weighted by Crippen LogP contribution is 2.59. The van der Waals surface area contributed by atoms with E-state index in [2.05, 4.69) is 20.2 Å². The minimum atomic E-state index is -0.528. The van der Waals surface area contributed by atoms with Crippen molar-refractivity contribution in [2.75, 3.05) is 36.0 Å². The molecule has 9 heteroatoms.